The summed E-state index contributed by atoms with van der Waals surface area (Å²) in [4.78, 5) is 0. The van der Waals surface area contributed by atoms with E-state index in [9.17, 15) is 4.39 Å². The van der Waals surface area contributed by atoms with Crippen LogP contribution in [0.2, 0.25) is 0 Å². The van der Waals surface area contributed by atoms with Crippen molar-refractivity contribution in [3.05, 3.63) is 23.5 Å². The summed E-state index contributed by atoms with van der Waals surface area (Å²) in [5.41, 5.74) is 6.08. The van der Waals surface area contributed by atoms with Crippen molar-refractivity contribution in [2.75, 3.05) is 19.8 Å². The van der Waals surface area contributed by atoms with Crippen LogP contribution in [0.3, 0.4) is 0 Å². The lowest BCUT2D eigenvalue weighted by atomic mass is 9.95. The molecule has 1 heterocycles. The number of benzene rings is 1. The van der Waals surface area contributed by atoms with E-state index in [4.69, 9.17) is 15.2 Å². The van der Waals surface area contributed by atoms with Gasteiger partial charge in [0, 0.05) is 5.56 Å². The van der Waals surface area contributed by atoms with Gasteiger partial charge in [-0.1, -0.05) is 6.92 Å². The van der Waals surface area contributed by atoms with E-state index >= 15 is 0 Å². The molecule has 2 rings (SSSR count). The van der Waals surface area contributed by atoms with Crippen LogP contribution in [-0.4, -0.2) is 19.8 Å². The molecule has 0 aliphatic carbocycles. The minimum atomic E-state index is -0.245. The molecule has 0 amide bonds. The fraction of sp³-hybridized carbons (Fsp3) is 0.500. The summed E-state index contributed by atoms with van der Waals surface area (Å²) in [6.07, 6.45) is 0.733. The zero-order valence-electron chi connectivity index (χ0n) is 9.33. The highest BCUT2D eigenvalue weighted by Crippen LogP contribution is 2.40. The minimum absolute atomic E-state index is 0.0432. The molecule has 1 atom stereocenters. The molecule has 16 heavy (non-hydrogen) atoms. The van der Waals surface area contributed by atoms with Gasteiger partial charge in [0.15, 0.2) is 11.5 Å². The fourth-order valence-corrected chi connectivity index (χ4v) is 1.97. The van der Waals surface area contributed by atoms with Crippen molar-refractivity contribution < 1.29 is 13.9 Å². The molecular weight excluding hydrogens is 209 g/mol. The van der Waals surface area contributed by atoms with Gasteiger partial charge in [-0.3, -0.25) is 0 Å². The van der Waals surface area contributed by atoms with Gasteiger partial charge in [-0.15, -0.1) is 0 Å². The summed E-state index contributed by atoms with van der Waals surface area (Å²) in [5, 5.41) is 0. The van der Waals surface area contributed by atoms with E-state index in [1.807, 2.05) is 6.92 Å². The fourth-order valence-electron chi connectivity index (χ4n) is 1.97. The van der Waals surface area contributed by atoms with Crippen LogP contribution >= 0.6 is 0 Å². The monoisotopic (exact) mass is 225 g/mol. The summed E-state index contributed by atoms with van der Waals surface area (Å²) in [7, 11) is 0. The Morgan fingerprint density at radius 3 is 2.88 bits per heavy atom. The molecule has 1 aliphatic rings. The molecule has 2 N–H and O–H groups in total. The molecule has 0 saturated heterocycles. The van der Waals surface area contributed by atoms with Gasteiger partial charge in [0.2, 0.25) is 0 Å². The SMILES string of the molecule is CC(CCN)c1c(F)ccc2c1OCCO2. The third kappa shape index (κ3) is 1.97. The first kappa shape index (κ1) is 11.2. The molecule has 0 radical (unpaired) electrons. The average Bonchev–Trinajstić information content (AvgIpc) is 2.29. The first-order valence-electron chi connectivity index (χ1n) is 5.52. The van der Waals surface area contributed by atoms with Gasteiger partial charge in [-0.25, -0.2) is 4.39 Å². The van der Waals surface area contributed by atoms with Gasteiger partial charge >= 0.3 is 0 Å². The van der Waals surface area contributed by atoms with Gasteiger partial charge in [0.25, 0.3) is 0 Å². The molecule has 3 nitrogen and oxygen atoms in total. The van der Waals surface area contributed by atoms with Crippen molar-refractivity contribution in [1.82, 2.24) is 0 Å². The quantitative estimate of drug-likeness (QED) is 0.856. The Balaban J connectivity index is 2.41. The second-order valence-corrected chi connectivity index (χ2v) is 3.96. The number of fused-ring (bicyclic) bond motifs is 1. The molecule has 1 aromatic carbocycles. The Bertz CT molecular complexity index is 382. The molecule has 0 bridgehead atoms. The van der Waals surface area contributed by atoms with Crippen molar-refractivity contribution in [2.45, 2.75) is 19.3 Å². The van der Waals surface area contributed by atoms with Crippen LogP contribution in [0, 0.1) is 5.82 Å². The van der Waals surface area contributed by atoms with E-state index in [1.165, 1.54) is 6.07 Å². The Morgan fingerprint density at radius 1 is 1.38 bits per heavy atom. The number of hydrogen-bond donors (Lipinski definition) is 1. The van der Waals surface area contributed by atoms with Gasteiger partial charge in [-0.05, 0) is 31.0 Å². The zero-order valence-corrected chi connectivity index (χ0v) is 9.33. The molecule has 0 spiro atoms. The molecule has 0 fully saturated rings. The van der Waals surface area contributed by atoms with Gasteiger partial charge in [0.1, 0.15) is 19.0 Å². The number of hydrogen-bond acceptors (Lipinski definition) is 3. The second-order valence-electron chi connectivity index (χ2n) is 3.96. The number of halogens is 1. The van der Waals surface area contributed by atoms with Crippen molar-refractivity contribution >= 4 is 0 Å². The van der Waals surface area contributed by atoms with Gasteiger partial charge in [-0.2, -0.15) is 0 Å². The molecule has 1 aliphatic heterocycles. The van der Waals surface area contributed by atoms with E-state index in [2.05, 4.69) is 0 Å². The molecule has 1 unspecified atom stereocenters. The van der Waals surface area contributed by atoms with Crippen LogP contribution in [-0.2, 0) is 0 Å². The Hall–Kier alpha value is -1.29. The molecule has 88 valence electrons. The highest BCUT2D eigenvalue weighted by atomic mass is 19.1. The first-order valence-corrected chi connectivity index (χ1v) is 5.52. The zero-order chi connectivity index (χ0) is 11.5. The van der Waals surface area contributed by atoms with E-state index in [1.54, 1.807) is 6.07 Å². The summed E-state index contributed by atoms with van der Waals surface area (Å²) < 4.78 is 24.7. The van der Waals surface area contributed by atoms with E-state index < -0.39 is 0 Å². The van der Waals surface area contributed by atoms with Gasteiger partial charge in [0.05, 0.1) is 0 Å². The van der Waals surface area contributed by atoms with Crippen LogP contribution in [0.15, 0.2) is 12.1 Å². The third-order valence-corrected chi connectivity index (χ3v) is 2.79. The summed E-state index contributed by atoms with van der Waals surface area (Å²) in [5.74, 6) is 0.977. The largest absolute Gasteiger partial charge is 0.486 e. The Morgan fingerprint density at radius 2 is 2.12 bits per heavy atom. The highest BCUT2D eigenvalue weighted by molar-refractivity contribution is 5.49. The average molecular weight is 225 g/mol. The van der Waals surface area contributed by atoms with E-state index in [-0.39, 0.29) is 11.7 Å². The Kier molecular flexibility index (Phi) is 3.29. The van der Waals surface area contributed by atoms with Crippen LogP contribution < -0.4 is 15.2 Å². The molecule has 0 aromatic heterocycles. The van der Waals surface area contributed by atoms with Crippen molar-refractivity contribution in [3.63, 3.8) is 0 Å². The van der Waals surface area contributed by atoms with Crippen LogP contribution in [0.25, 0.3) is 0 Å². The van der Waals surface area contributed by atoms with Crippen LogP contribution in [0.5, 0.6) is 11.5 Å². The number of rotatable bonds is 3. The lowest BCUT2D eigenvalue weighted by Gasteiger charge is -2.23. The topological polar surface area (TPSA) is 44.5 Å². The standard InChI is InChI=1S/C12H16FNO2/c1-8(4-5-14)11-9(13)2-3-10-12(11)16-7-6-15-10/h2-3,8H,4-7,14H2,1H3. The smallest absolute Gasteiger partial charge is 0.167 e. The molecule has 1 aromatic rings. The predicted octanol–water partition coefficient (Wildman–Crippen LogP) is 2.05. The lowest BCUT2D eigenvalue weighted by Crippen LogP contribution is -2.18. The van der Waals surface area contributed by atoms with Gasteiger partial charge < -0.3 is 15.2 Å². The van der Waals surface area contributed by atoms with E-state index in [0.717, 1.165) is 6.42 Å². The minimum Gasteiger partial charge on any atom is -0.486 e. The third-order valence-electron chi connectivity index (χ3n) is 2.79. The van der Waals surface area contributed by atoms with Crippen molar-refractivity contribution in [1.29, 1.82) is 0 Å². The van der Waals surface area contributed by atoms with Crippen molar-refractivity contribution in [3.8, 4) is 11.5 Å². The molecule has 0 saturated carbocycles. The first-order chi connectivity index (χ1) is 7.74. The summed E-state index contributed by atoms with van der Waals surface area (Å²) in [6.45, 7) is 3.47. The molecular formula is C12H16FNO2. The molecule has 4 heteroatoms. The summed E-state index contributed by atoms with van der Waals surface area (Å²) >= 11 is 0. The highest BCUT2D eigenvalue weighted by Gasteiger charge is 2.23. The van der Waals surface area contributed by atoms with Crippen LogP contribution in [0.4, 0.5) is 4.39 Å². The maximum absolute atomic E-state index is 13.8. The predicted molar refractivity (Wildman–Crippen MR) is 59.5 cm³/mol. The normalized spacial score (nSPS) is 15.9. The Labute approximate surface area is 94.3 Å². The maximum Gasteiger partial charge on any atom is 0.167 e. The lowest BCUT2D eigenvalue weighted by molar-refractivity contribution is 0.168. The van der Waals surface area contributed by atoms with E-state index in [0.29, 0.717) is 36.8 Å². The van der Waals surface area contributed by atoms with Crippen LogP contribution in [0.1, 0.15) is 24.8 Å². The number of ether oxygens (including phenoxy) is 2. The maximum atomic E-state index is 13.8. The number of nitrogens with two attached hydrogens (primary N) is 1. The summed E-state index contributed by atoms with van der Waals surface area (Å²) in [6, 6.07) is 3.04. The second kappa shape index (κ2) is 4.70. The van der Waals surface area contributed by atoms with Crippen molar-refractivity contribution in [2.24, 2.45) is 5.73 Å².